The third-order valence-corrected chi connectivity index (χ3v) is 3.96. The van der Waals surface area contributed by atoms with Crippen molar-refractivity contribution in [3.8, 4) is 11.5 Å². The first-order valence-corrected chi connectivity index (χ1v) is 8.02. The van der Waals surface area contributed by atoms with E-state index in [0.29, 0.717) is 6.61 Å². The molecule has 4 nitrogen and oxygen atoms in total. The van der Waals surface area contributed by atoms with Gasteiger partial charge in [-0.1, -0.05) is 19.9 Å². The summed E-state index contributed by atoms with van der Waals surface area (Å²) in [5.74, 6) is 1.66. The molecule has 4 heteroatoms. The van der Waals surface area contributed by atoms with Gasteiger partial charge in [-0.15, -0.1) is 0 Å². The molecule has 0 radical (unpaired) electrons. The van der Waals surface area contributed by atoms with Crippen LogP contribution < -0.4 is 14.8 Å². The lowest BCUT2D eigenvalue weighted by Gasteiger charge is -2.19. The lowest BCUT2D eigenvalue weighted by atomic mass is 10.2. The molecule has 0 spiro atoms. The van der Waals surface area contributed by atoms with Crippen molar-refractivity contribution in [1.82, 2.24) is 10.2 Å². The van der Waals surface area contributed by atoms with Gasteiger partial charge in [-0.25, -0.2) is 0 Å². The molecule has 1 saturated carbocycles. The number of nitrogens with one attached hydrogen (secondary N) is 1. The SMILES string of the molecule is CCN(CC)CCOc1cc(CNC2CC2)ccc1OC. The van der Waals surface area contributed by atoms with Crippen molar-refractivity contribution in [2.24, 2.45) is 0 Å². The van der Waals surface area contributed by atoms with Crippen molar-refractivity contribution in [1.29, 1.82) is 0 Å². The average molecular weight is 292 g/mol. The van der Waals surface area contributed by atoms with Gasteiger partial charge >= 0.3 is 0 Å². The Balaban J connectivity index is 1.89. The van der Waals surface area contributed by atoms with E-state index in [1.165, 1.54) is 18.4 Å². The predicted molar refractivity (Wildman–Crippen MR) is 86.1 cm³/mol. The van der Waals surface area contributed by atoms with E-state index in [1.54, 1.807) is 7.11 Å². The molecule has 1 aromatic rings. The molecule has 0 saturated heterocycles. The van der Waals surface area contributed by atoms with Gasteiger partial charge in [0.15, 0.2) is 11.5 Å². The Morgan fingerprint density at radius 2 is 1.95 bits per heavy atom. The Kier molecular flexibility index (Phi) is 6.33. The summed E-state index contributed by atoms with van der Waals surface area (Å²) in [6.45, 7) is 9.01. The first kappa shape index (κ1) is 16.1. The summed E-state index contributed by atoms with van der Waals surface area (Å²) in [7, 11) is 1.69. The number of hydrogen-bond donors (Lipinski definition) is 1. The molecule has 118 valence electrons. The van der Waals surface area contributed by atoms with Gasteiger partial charge < -0.3 is 19.7 Å². The maximum atomic E-state index is 5.93. The Labute approximate surface area is 128 Å². The predicted octanol–water partition coefficient (Wildman–Crippen LogP) is 2.67. The highest BCUT2D eigenvalue weighted by atomic mass is 16.5. The Hall–Kier alpha value is -1.26. The number of likely N-dealkylation sites (N-methyl/N-ethyl adjacent to an activating group) is 1. The molecule has 0 aliphatic heterocycles. The van der Waals surface area contributed by atoms with Crippen molar-refractivity contribution in [2.45, 2.75) is 39.3 Å². The van der Waals surface area contributed by atoms with E-state index in [1.807, 2.05) is 6.07 Å². The molecule has 0 heterocycles. The standard InChI is InChI=1S/C17H28N2O2/c1-4-19(5-2)10-11-21-17-12-14(6-9-16(17)20-3)13-18-15-7-8-15/h6,9,12,15,18H,4-5,7-8,10-11,13H2,1-3H3. The average Bonchev–Trinajstić information content (AvgIpc) is 3.34. The zero-order valence-electron chi connectivity index (χ0n) is 13.5. The van der Waals surface area contributed by atoms with Crippen molar-refractivity contribution >= 4 is 0 Å². The van der Waals surface area contributed by atoms with Crippen LogP contribution in [0.4, 0.5) is 0 Å². The second-order valence-corrected chi connectivity index (χ2v) is 5.52. The van der Waals surface area contributed by atoms with E-state index in [2.05, 4.69) is 36.2 Å². The second kappa shape index (κ2) is 8.25. The van der Waals surface area contributed by atoms with Crippen molar-refractivity contribution < 1.29 is 9.47 Å². The lowest BCUT2D eigenvalue weighted by Crippen LogP contribution is -2.28. The van der Waals surface area contributed by atoms with Crippen LogP contribution >= 0.6 is 0 Å². The van der Waals surface area contributed by atoms with Crippen molar-refractivity contribution in [3.05, 3.63) is 23.8 Å². The third-order valence-electron chi connectivity index (χ3n) is 3.96. The van der Waals surface area contributed by atoms with Crippen molar-refractivity contribution in [2.75, 3.05) is 33.4 Å². The summed E-state index contributed by atoms with van der Waals surface area (Å²) < 4.78 is 11.3. The van der Waals surface area contributed by atoms with Gasteiger partial charge in [0.2, 0.25) is 0 Å². The molecule has 1 aliphatic carbocycles. The number of rotatable bonds is 10. The van der Waals surface area contributed by atoms with Crippen LogP contribution in [0.15, 0.2) is 18.2 Å². The van der Waals surface area contributed by atoms with Crippen LogP contribution in [0.1, 0.15) is 32.3 Å². The highest BCUT2D eigenvalue weighted by Gasteiger charge is 2.20. The van der Waals surface area contributed by atoms with Gasteiger partial charge in [0.05, 0.1) is 7.11 Å². The maximum Gasteiger partial charge on any atom is 0.161 e. The molecular weight excluding hydrogens is 264 g/mol. The quantitative estimate of drug-likeness (QED) is 0.719. The summed E-state index contributed by atoms with van der Waals surface area (Å²) in [5, 5.41) is 3.53. The van der Waals surface area contributed by atoms with Gasteiger partial charge in [0.1, 0.15) is 6.61 Å². The van der Waals surface area contributed by atoms with Gasteiger partial charge in [0, 0.05) is 19.1 Å². The lowest BCUT2D eigenvalue weighted by molar-refractivity contribution is 0.217. The van der Waals surface area contributed by atoms with E-state index in [-0.39, 0.29) is 0 Å². The van der Waals surface area contributed by atoms with E-state index in [0.717, 1.165) is 43.7 Å². The summed E-state index contributed by atoms with van der Waals surface area (Å²) in [6, 6.07) is 6.91. The minimum absolute atomic E-state index is 0.692. The number of methoxy groups -OCH3 is 1. The fraction of sp³-hybridized carbons (Fsp3) is 0.647. The fourth-order valence-corrected chi connectivity index (χ4v) is 2.32. The summed E-state index contributed by atoms with van der Waals surface area (Å²) in [5.41, 5.74) is 1.25. The Morgan fingerprint density at radius 1 is 1.19 bits per heavy atom. The van der Waals surface area contributed by atoms with Crippen LogP contribution in [0.2, 0.25) is 0 Å². The monoisotopic (exact) mass is 292 g/mol. The maximum absolute atomic E-state index is 5.93. The second-order valence-electron chi connectivity index (χ2n) is 5.52. The molecule has 1 N–H and O–H groups in total. The number of nitrogens with zero attached hydrogens (tertiary/aromatic N) is 1. The van der Waals surface area contributed by atoms with Gasteiger partial charge in [-0.05, 0) is 43.6 Å². The smallest absolute Gasteiger partial charge is 0.161 e. The van der Waals surface area contributed by atoms with E-state index in [4.69, 9.17) is 9.47 Å². The van der Waals surface area contributed by atoms with Gasteiger partial charge in [-0.3, -0.25) is 0 Å². The van der Waals surface area contributed by atoms with Crippen LogP contribution in [-0.4, -0.2) is 44.3 Å². The molecule has 0 aromatic heterocycles. The molecule has 0 bridgehead atoms. The van der Waals surface area contributed by atoms with Crippen LogP contribution in [0.3, 0.4) is 0 Å². The largest absolute Gasteiger partial charge is 0.493 e. The van der Waals surface area contributed by atoms with Crippen LogP contribution in [-0.2, 0) is 6.54 Å². The normalized spacial score (nSPS) is 14.5. The molecule has 1 aromatic carbocycles. The molecule has 2 rings (SSSR count). The molecule has 0 amide bonds. The zero-order chi connectivity index (χ0) is 15.1. The Morgan fingerprint density at radius 3 is 2.57 bits per heavy atom. The van der Waals surface area contributed by atoms with Gasteiger partial charge in [-0.2, -0.15) is 0 Å². The molecule has 1 aliphatic rings. The molecule has 1 fully saturated rings. The molecule has 0 atom stereocenters. The van der Waals surface area contributed by atoms with Crippen LogP contribution in [0.25, 0.3) is 0 Å². The van der Waals surface area contributed by atoms with Crippen molar-refractivity contribution in [3.63, 3.8) is 0 Å². The topological polar surface area (TPSA) is 33.7 Å². The van der Waals surface area contributed by atoms with E-state index >= 15 is 0 Å². The summed E-state index contributed by atoms with van der Waals surface area (Å²) >= 11 is 0. The number of ether oxygens (including phenoxy) is 2. The summed E-state index contributed by atoms with van der Waals surface area (Å²) in [4.78, 5) is 2.35. The zero-order valence-corrected chi connectivity index (χ0v) is 13.5. The first-order valence-electron chi connectivity index (χ1n) is 8.02. The minimum Gasteiger partial charge on any atom is -0.493 e. The van der Waals surface area contributed by atoms with E-state index in [9.17, 15) is 0 Å². The number of benzene rings is 1. The first-order chi connectivity index (χ1) is 10.3. The van der Waals surface area contributed by atoms with Crippen LogP contribution in [0, 0.1) is 0 Å². The fourth-order valence-electron chi connectivity index (χ4n) is 2.32. The molecular formula is C17H28N2O2. The highest BCUT2D eigenvalue weighted by Crippen LogP contribution is 2.28. The molecule has 21 heavy (non-hydrogen) atoms. The van der Waals surface area contributed by atoms with Gasteiger partial charge in [0.25, 0.3) is 0 Å². The third kappa shape index (κ3) is 5.21. The van der Waals surface area contributed by atoms with E-state index < -0.39 is 0 Å². The highest BCUT2D eigenvalue weighted by molar-refractivity contribution is 5.43. The number of hydrogen-bond acceptors (Lipinski definition) is 4. The minimum atomic E-state index is 0.692. The molecule has 0 unspecified atom stereocenters. The summed E-state index contributed by atoms with van der Waals surface area (Å²) in [6.07, 6.45) is 2.62. The van der Waals surface area contributed by atoms with Crippen LogP contribution in [0.5, 0.6) is 11.5 Å². The Bertz CT molecular complexity index is 429.